The summed E-state index contributed by atoms with van der Waals surface area (Å²) in [7, 11) is 0. The molecule has 3 aromatic rings. The third-order valence-corrected chi connectivity index (χ3v) is 7.84. The number of alkyl halides is 3. The Morgan fingerprint density at radius 3 is 2.41 bits per heavy atom. The summed E-state index contributed by atoms with van der Waals surface area (Å²) < 4.78 is 39.8. The van der Waals surface area contributed by atoms with E-state index in [1.807, 2.05) is 56.3 Å². The van der Waals surface area contributed by atoms with Crippen molar-refractivity contribution in [1.82, 2.24) is 5.32 Å². The quantitative estimate of drug-likeness (QED) is 0.277. The van der Waals surface area contributed by atoms with E-state index < -0.39 is 34.8 Å². The Balaban J connectivity index is 1.72. The van der Waals surface area contributed by atoms with Crippen LogP contribution in [0.1, 0.15) is 40.8 Å². The van der Waals surface area contributed by atoms with E-state index in [2.05, 4.69) is 5.32 Å². The van der Waals surface area contributed by atoms with Gasteiger partial charge in [-0.1, -0.05) is 66.4 Å². The second kappa shape index (κ2) is 11.4. The highest BCUT2D eigenvalue weighted by Crippen LogP contribution is 2.42. The zero-order valence-corrected chi connectivity index (χ0v) is 22.4. The van der Waals surface area contributed by atoms with Crippen molar-refractivity contribution in [3.63, 3.8) is 0 Å². The highest BCUT2D eigenvalue weighted by Gasteiger charge is 2.41. The van der Waals surface area contributed by atoms with Crippen LogP contribution in [-0.2, 0) is 22.2 Å². The third-order valence-electron chi connectivity index (χ3n) is 6.58. The van der Waals surface area contributed by atoms with Gasteiger partial charge in [-0.25, -0.2) is 0 Å². The molecule has 1 saturated heterocycles. The van der Waals surface area contributed by atoms with Crippen LogP contribution < -0.4 is 10.2 Å². The molecule has 2 unspecified atom stereocenters. The lowest BCUT2D eigenvalue weighted by Gasteiger charge is -2.20. The van der Waals surface area contributed by atoms with Crippen LogP contribution in [0, 0.1) is 25.2 Å². The molecular formula is C30H26F3N3O2S. The number of rotatable bonds is 6. The van der Waals surface area contributed by atoms with Gasteiger partial charge in [-0.2, -0.15) is 18.4 Å². The van der Waals surface area contributed by atoms with Gasteiger partial charge >= 0.3 is 6.18 Å². The monoisotopic (exact) mass is 549 g/mol. The number of hydrogen-bond donors (Lipinski definition) is 1. The van der Waals surface area contributed by atoms with Crippen LogP contribution in [0.5, 0.6) is 0 Å². The maximum Gasteiger partial charge on any atom is 0.416 e. The fraction of sp³-hybridized carbons (Fsp3) is 0.233. The normalized spacial score (nSPS) is 17.5. The van der Waals surface area contributed by atoms with Crippen LogP contribution in [-0.4, -0.2) is 17.1 Å². The van der Waals surface area contributed by atoms with E-state index in [4.69, 9.17) is 0 Å². The number of halogens is 3. The van der Waals surface area contributed by atoms with Crippen molar-refractivity contribution in [2.75, 3.05) is 4.90 Å². The second-order valence-corrected chi connectivity index (χ2v) is 10.5. The van der Waals surface area contributed by atoms with Crippen molar-refractivity contribution in [2.45, 2.75) is 44.7 Å². The first-order chi connectivity index (χ1) is 18.5. The molecule has 4 rings (SSSR count). The third kappa shape index (κ3) is 6.18. The Labute approximate surface area is 229 Å². The van der Waals surface area contributed by atoms with Gasteiger partial charge in [-0.05, 0) is 67.6 Å². The topological polar surface area (TPSA) is 73.2 Å². The maximum atomic E-state index is 13.7. The van der Waals surface area contributed by atoms with Gasteiger partial charge < -0.3 is 5.32 Å². The zero-order chi connectivity index (χ0) is 28.3. The summed E-state index contributed by atoms with van der Waals surface area (Å²) in [6.45, 7) is 5.60. The van der Waals surface area contributed by atoms with Gasteiger partial charge in [0.2, 0.25) is 5.91 Å². The smallest absolute Gasteiger partial charge is 0.345 e. The molecular weight excluding hydrogens is 523 g/mol. The van der Waals surface area contributed by atoms with E-state index in [0.717, 1.165) is 40.6 Å². The second-order valence-electron chi connectivity index (χ2n) is 9.35. The molecule has 5 nitrogen and oxygen atoms in total. The van der Waals surface area contributed by atoms with Gasteiger partial charge in [0.15, 0.2) is 0 Å². The number of aryl methyl sites for hydroxylation is 2. The number of nitrogens with zero attached hydrogens (tertiary/aromatic N) is 2. The molecule has 3 aromatic carbocycles. The van der Waals surface area contributed by atoms with E-state index in [0.29, 0.717) is 11.3 Å². The minimum absolute atomic E-state index is 0.000983. The largest absolute Gasteiger partial charge is 0.416 e. The Morgan fingerprint density at radius 1 is 1.05 bits per heavy atom. The first-order valence-corrected chi connectivity index (χ1v) is 13.1. The molecule has 0 bridgehead atoms. The van der Waals surface area contributed by atoms with E-state index in [-0.39, 0.29) is 17.0 Å². The van der Waals surface area contributed by atoms with Crippen LogP contribution in [0.15, 0.2) is 83.4 Å². The molecule has 39 heavy (non-hydrogen) atoms. The van der Waals surface area contributed by atoms with Crippen LogP contribution in [0.3, 0.4) is 0 Å². The van der Waals surface area contributed by atoms with Crippen molar-refractivity contribution in [1.29, 1.82) is 5.26 Å². The van der Waals surface area contributed by atoms with E-state index >= 15 is 0 Å². The Morgan fingerprint density at radius 2 is 1.77 bits per heavy atom. The van der Waals surface area contributed by atoms with Crippen LogP contribution in [0.25, 0.3) is 0 Å². The van der Waals surface area contributed by atoms with Crippen molar-refractivity contribution in [2.24, 2.45) is 0 Å². The number of carbonyl (C=O) groups is 2. The van der Waals surface area contributed by atoms with Gasteiger partial charge in [0.25, 0.3) is 5.91 Å². The molecule has 0 saturated carbocycles. The van der Waals surface area contributed by atoms with Crippen molar-refractivity contribution in [3.8, 4) is 6.07 Å². The molecule has 2 atom stereocenters. The maximum absolute atomic E-state index is 13.7. The molecule has 1 fully saturated rings. The summed E-state index contributed by atoms with van der Waals surface area (Å²) >= 11 is 1.02. The molecule has 1 heterocycles. The summed E-state index contributed by atoms with van der Waals surface area (Å²) in [5.74, 6) is -1.05. The molecule has 9 heteroatoms. The zero-order valence-electron chi connectivity index (χ0n) is 21.5. The average Bonchev–Trinajstić information content (AvgIpc) is 3.21. The number of hydrogen-bond acceptors (Lipinski definition) is 4. The van der Waals surface area contributed by atoms with E-state index in [1.54, 1.807) is 19.1 Å². The summed E-state index contributed by atoms with van der Waals surface area (Å²) in [5.41, 5.74) is 2.53. The van der Waals surface area contributed by atoms with Gasteiger partial charge in [0.1, 0.15) is 16.7 Å². The lowest BCUT2D eigenvalue weighted by atomic mass is 10.0. The summed E-state index contributed by atoms with van der Waals surface area (Å²) in [6.07, 6.45) is -4.51. The van der Waals surface area contributed by atoms with Crippen molar-refractivity contribution < 1.29 is 22.8 Å². The van der Waals surface area contributed by atoms with Crippen molar-refractivity contribution in [3.05, 3.63) is 111 Å². The summed E-state index contributed by atoms with van der Waals surface area (Å²) in [5, 5.41) is 12.2. The minimum Gasteiger partial charge on any atom is -0.345 e. The van der Waals surface area contributed by atoms with Crippen LogP contribution >= 0.6 is 11.8 Å². The van der Waals surface area contributed by atoms with E-state index in [9.17, 15) is 28.0 Å². The van der Waals surface area contributed by atoms with Crippen molar-refractivity contribution >= 4 is 29.3 Å². The molecule has 1 N–H and O–H groups in total. The fourth-order valence-corrected chi connectivity index (χ4v) is 5.58. The highest BCUT2D eigenvalue weighted by atomic mass is 32.2. The predicted octanol–water partition coefficient (Wildman–Crippen LogP) is 6.63. The first-order valence-electron chi connectivity index (χ1n) is 12.2. The molecule has 200 valence electrons. The summed E-state index contributed by atoms with van der Waals surface area (Å²) in [4.78, 5) is 28.3. The molecule has 0 radical (unpaired) electrons. The molecule has 0 aromatic heterocycles. The molecule has 2 amide bonds. The van der Waals surface area contributed by atoms with Crippen LogP contribution in [0.4, 0.5) is 18.9 Å². The highest BCUT2D eigenvalue weighted by molar-refractivity contribution is 8.05. The number of carbonyl (C=O) groups excluding carboxylic acids is 2. The fourth-order valence-electron chi connectivity index (χ4n) is 4.27. The molecule has 0 spiro atoms. The Hall–Kier alpha value is -4.03. The Kier molecular flexibility index (Phi) is 8.17. The number of benzene rings is 3. The number of nitrogens with one attached hydrogen (secondary N) is 1. The van der Waals surface area contributed by atoms with Gasteiger partial charge in [0.05, 0.1) is 16.9 Å². The lowest BCUT2D eigenvalue weighted by molar-refractivity contribution is -0.137. The lowest BCUT2D eigenvalue weighted by Crippen LogP contribution is -2.33. The number of amides is 2. The molecule has 1 aliphatic rings. The number of anilines is 1. The SMILES string of the molecule is Cc1ccc(N2C(=O)C(Cc3cccc(C(F)(F)F)c3)S/C2=C(/C#N)C(=O)NC(C)c2ccccc2)cc1C. The molecule has 0 aliphatic carbocycles. The average molecular weight is 550 g/mol. The first kappa shape index (κ1) is 28.0. The number of nitriles is 1. The Bertz CT molecular complexity index is 1480. The minimum atomic E-state index is -4.51. The predicted molar refractivity (Wildman–Crippen MR) is 146 cm³/mol. The molecule has 1 aliphatic heterocycles. The van der Waals surface area contributed by atoms with E-state index in [1.165, 1.54) is 17.0 Å². The van der Waals surface area contributed by atoms with Gasteiger partial charge in [-0.15, -0.1) is 0 Å². The standard InChI is InChI=1S/C30H26F3N3O2S/c1-18-12-13-24(14-19(18)2)36-28(38)26(16-21-8-7-11-23(15-21)30(31,32)33)39-29(36)25(17-34)27(37)35-20(3)22-9-5-4-6-10-22/h4-15,20,26H,16H2,1-3H3,(H,35,37)/b29-25-. The number of thioether (sulfide) groups is 1. The van der Waals surface area contributed by atoms with Crippen LogP contribution in [0.2, 0.25) is 0 Å². The van der Waals surface area contributed by atoms with Gasteiger partial charge in [-0.3, -0.25) is 14.5 Å². The summed E-state index contributed by atoms with van der Waals surface area (Å²) in [6, 6.07) is 21.0. The van der Waals surface area contributed by atoms with Gasteiger partial charge in [0, 0.05) is 5.69 Å².